The Morgan fingerprint density at radius 3 is 2.75 bits per heavy atom. The largest absolute Gasteiger partial charge is 0.391 e. The van der Waals surface area contributed by atoms with Gasteiger partial charge in [-0.1, -0.05) is 12.1 Å². The fourth-order valence-corrected chi connectivity index (χ4v) is 5.14. The third-order valence-electron chi connectivity index (χ3n) is 5.64. The van der Waals surface area contributed by atoms with Crippen LogP contribution in [0, 0.1) is 11.8 Å². The molecule has 1 saturated carbocycles. The van der Waals surface area contributed by atoms with Crippen LogP contribution in [0.25, 0.3) is 11.0 Å². The molecule has 0 unspecified atom stereocenters. The topological polar surface area (TPSA) is 54.2 Å². The maximum absolute atomic E-state index is 10.8. The minimum Gasteiger partial charge on any atom is -0.391 e. The van der Waals surface area contributed by atoms with Crippen molar-refractivity contribution in [1.29, 1.82) is 0 Å². The maximum atomic E-state index is 10.8. The Morgan fingerprint density at radius 2 is 1.92 bits per heavy atom. The monoisotopic (exact) mass is 340 g/mol. The van der Waals surface area contributed by atoms with Crippen molar-refractivity contribution in [2.45, 2.75) is 25.0 Å². The van der Waals surface area contributed by atoms with Crippen LogP contribution in [-0.4, -0.2) is 38.8 Å². The van der Waals surface area contributed by atoms with Crippen LogP contribution in [0.4, 0.5) is 5.13 Å². The van der Waals surface area contributed by atoms with Crippen molar-refractivity contribution in [2.75, 3.05) is 18.0 Å². The van der Waals surface area contributed by atoms with Gasteiger partial charge >= 0.3 is 0 Å². The number of hydrogen-bond donors (Lipinski definition) is 1. The van der Waals surface area contributed by atoms with E-state index in [4.69, 9.17) is 0 Å². The van der Waals surface area contributed by atoms with Crippen molar-refractivity contribution in [2.24, 2.45) is 11.8 Å². The molecule has 0 bridgehead atoms. The first-order chi connectivity index (χ1) is 11.8. The van der Waals surface area contributed by atoms with Crippen LogP contribution in [0.2, 0.25) is 0 Å². The smallest absolute Gasteiger partial charge is 0.185 e. The van der Waals surface area contributed by atoms with Gasteiger partial charge in [0.15, 0.2) is 5.13 Å². The SMILES string of the molecule is O[C@@H]1C[C@H]2CN(c3nccs3)C[C@H]2C[C@H]1n1cnc2ccccc21. The van der Waals surface area contributed by atoms with E-state index in [1.807, 2.05) is 36.1 Å². The molecular weight excluding hydrogens is 320 g/mol. The first-order valence-corrected chi connectivity index (χ1v) is 9.41. The van der Waals surface area contributed by atoms with Gasteiger partial charge in [0.05, 0.1) is 29.5 Å². The number of para-hydroxylation sites is 2. The van der Waals surface area contributed by atoms with Gasteiger partial charge in [0.2, 0.25) is 0 Å². The zero-order valence-corrected chi connectivity index (χ0v) is 14.1. The summed E-state index contributed by atoms with van der Waals surface area (Å²) in [4.78, 5) is 11.3. The molecule has 1 aromatic carbocycles. The molecule has 3 aromatic rings. The molecule has 2 aromatic heterocycles. The van der Waals surface area contributed by atoms with Crippen LogP contribution in [-0.2, 0) is 0 Å². The van der Waals surface area contributed by atoms with Gasteiger partial charge in [-0.25, -0.2) is 9.97 Å². The van der Waals surface area contributed by atoms with Gasteiger partial charge < -0.3 is 14.6 Å². The number of aliphatic hydroxyl groups excluding tert-OH is 1. The average Bonchev–Trinajstić information content (AvgIpc) is 3.32. The summed E-state index contributed by atoms with van der Waals surface area (Å²) in [6, 6.07) is 8.30. The van der Waals surface area contributed by atoms with Crippen molar-refractivity contribution in [3.05, 3.63) is 42.2 Å². The number of rotatable bonds is 2. The lowest BCUT2D eigenvalue weighted by Gasteiger charge is -2.36. The number of aromatic nitrogens is 3. The molecule has 5 rings (SSSR count). The van der Waals surface area contributed by atoms with E-state index in [-0.39, 0.29) is 12.1 Å². The normalized spacial score (nSPS) is 30.0. The Kier molecular flexibility index (Phi) is 3.35. The van der Waals surface area contributed by atoms with Crippen LogP contribution in [0.15, 0.2) is 42.2 Å². The fourth-order valence-electron chi connectivity index (χ4n) is 4.48. The molecule has 6 heteroatoms. The maximum Gasteiger partial charge on any atom is 0.185 e. The fraction of sp³-hybridized carbons (Fsp3) is 0.444. The Bertz CT molecular complexity index is 846. The van der Waals surface area contributed by atoms with Gasteiger partial charge in [0, 0.05) is 24.7 Å². The summed E-state index contributed by atoms with van der Waals surface area (Å²) in [5, 5.41) is 13.9. The van der Waals surface area contributed by atoms with Crippen LogP contribution in [0.5, 0.6) is 0 Å². The second kappa shape index (κ2) is 5.57. The Morgan fingerprint density at radius 1 is 1.08 bits per heavy atom. The molecule has 2 fully saturated rings. The summed E-state index contributed by atoms with van der Waals surface area (Å²) in [7, 11) is 0. The van der Waals surface area contributed by atoms with Crippen molar-refractivity contribution in [1.82, 2.24) is 14.5 Å². The molecule has 0 radical (unpaired) electrons. The molecule has 0 amide bonds. The van der Waals surface area contributed by atoms with E-state index in [0.717, 1.165) is 42.1 Å². The number of fused-ring (bicyclic) bond motifs is 2. The summed E-state index contributed by atoms with van der Waals surface area (Å²) < 4.78 is 2.18. The van der Waals surface area contributed by atoms with E-state index >= 15 is 0 Å². The number of hydrogen-bond acceptors (Lipinski definition) is 5. The number of imidazole rings is 1. The Hall–Kier alpha value is -1.92. The highest BCUT2D eigenvalue weighted by atomic mass is 32.1. The minimum absolute atomic E-state index is 0.120. The average molecular weight is 340 g/mol. The van der Waals surface area contributed by atoms with Crippen LogP contribution >= 0.6 is 11.3 Å². The van der Waals surface area contributed by atoms with Gasteiger partial charge in [-0.05, 0) is 36.8 Å². The van der Waals surface area contributed by atoms with Crippen molar-refractivity contribution in [3.63, 3.8) is 0 Å². The number of anilines is 1. The highest BCUT2D eigenvalue weighted by Crippen LogP contribution is 2.43. The lowest BCUT2D eigenvalue weighted by Crippen LogP contribution is -2.36. The van der Waals surface area contributed by atoms with Crippen molar-refractivity contribution in [3.8, 4) is 0 Å². The molecule has 1 aliphatic heterocycles. The third-order valence-corrected chi connectivity index (χ3v) is 6.47. The van der Waals surface area contributed by atoms with Crippen molar-refractivity contribution < 1.29 is 5.11 Å². The van der Waals surface area contributed by atoms with E-state index < -0.39 is 0 Å². The second-order valence-corrected chi connectivity index (χ2v) is 7.86. The van der Waals surface area contributed by atoms with Gasteiger partial charge in [-0.3, -0.25) is 0 Å². The van der Waals surface area contributed by atoms with E-state index in [1.165, 1.54) is 0 Å². The Balaban J connectivity index is 1.42. The van der Waals surface area contributed by atoms with E-state index in [1.54, 1.807) is 11.3 Å². The molecular formula is C18H20N4OS. The molecule has 24 heavy (non-hydrogen) atoms. The molecule has 3 heterocycles. The summed E-state index contributed by atoms with van der Waals surface area (Å²) in [6.45, 7) is 2.07. The first-order valence-electron chi connectivity index (χ1n) is 8.53. The van der Waals surface area contributed by atoms with Crippen LogP contribution < -0.4 is 4.90 Å². The van der Waals surface area contributed by atoms with Crippen LogP contribution in [0.1, 0.15) is 18.9 Å². The third kappa shape index (κ3) is 2.24. The number of benzene rings is 1. The zero-order valence-electron chi connectivity index (χ0n) is 13.3. The highest BCUT2D eigenvalue weighted by molar-refractivity contribution is 7.13. The molecule has 1 N–H and O–H groups in total. The summed E-state index contributed by atoms with van der Waals surface area (Å²) in [5.41, 5.74) is 2.12. The molecule has 1 saturated heterocycles. The lowest BCUT2D eigenvalue weighted by molar-refractivity contribution is 0.0375. The first kappa shape index (κ1) is 14.4. The van der Waals surface area contributed by atoms with Crippen LogP contribution in [0.3, 0.4) is 0 Å². The highest BCUT2D eigenvalue weighted by Gasteiger charge is 2.43. The van der Waals surface area contributed by atoms with E-state index in [0.29, 0.717) is 11.8 Å². The number of thiazole rings is 1. The van der Waals surface area contributed by atoms with Gasteiger partial charge in [-0.15, -0.1) is 11.3 Å². The lowest BCUT2D eigenvalue weighted by atomic mass is 9.77. The molecule has 0 spiro atoms. The summed E-state index contributed by atoms with van der Waals surface area (Å²) >= 11 is 1.70. The van der Waals surface area contributed by atoms with E-state index in [9.17, 15) is 5.11 Å². The van der Waals surface area contributed by atoms with Gasteiger partial charge in [0.1, 0.15) is 0 Å². The van der Waals surface area contributed by atoms with Gasteiger partial charge in [-0.2, -0.15) is 0 Å². The van der Waals surface area contributed by atoms with E-state index in [2.05, 4.69) is 25.5 Å². The van der Waals surface area contributed by atoms with Crippen molar-refractivity contribution >= 4 is 27.5 Å². The molecule has 124 valence electrons. The molecule has 1 aliphatic carbocycles. The predicted octanol–water partition coefficient (Wildman–Crippen LogP) is 2.94. The standard InChI is InChI=1S/C18H20N4OS/c23-17-8-13-10-21(18-19-5-6-24-18)9-12(13)7-16(17)22-11-20-14-3-1-2-4-15(14)22/h1-6,11-13,16-17,23H,7-10H2/t12-,13+,16-,17-/m1/s1. The second-order valence-electron chi connectivity index (χ2n) is 6.99. The minimum atomic E-state index is -0.305. The predicted molar refractivity (Wildman–Crippen MR) is 95.3 cm³/mol. The molecule has 2 aliphatic rings. The number of aliphatic hydroxyl groups is 1. The Labute approximate surface area is 144 Å². The molecule has 5 nitrogen and oxygen atoms in total. The molecule has 4 atom stereocenters. The summed E-state index contributed by atoms with van der Waals surface area (Å²) in [6.07, 6.45) is 5.33. The summed E-state index contributed by atoms with van der Waals surface area (Å²) in [5.74, 6) is 1.18. The zero-order chi connectivity index (χ0) is 16.1. The quantitative estimate of drug-likeness (QED) is 0.779. The number of nitrogens with zero attached hydrogens (tertiary/aromatic N) is 4. The van der Waals surface area contributed by atoms with Gasteiger partial charge in [0.25, 0.3) is 0 Å².